The van der Waals surface area contributed by atoms with Gasteiger partial charge < -0.3 is 4.57 Å². The Balaban J connectivity index is 1.49. The van der Waals surface area contributed by atoms with Crippen molar-refractivity contribution in [3.63, 3.8) is 0 Å². The van der Waals surface area contributed by atoms with E-state index in [0.717, 1.165) is 10.9 Å². The van der Waals surface area contributed by atoms with Crippen LogP contribution < -0.4 is 10.9 Å². The van der Waals surface area contributed by atoms with Crippen molar-refractivity contribution in [3.8, 4) is 5.69 Å². The summed E-state index contributed by atoms with van der Waals surface area (Å²) in [6.07, 6.45) is 1.69. The molecule has 8 nitrogen and oxygen atoms in total. The van der Waals surface area contributed by atoms with Crippen molar-refractivity contribution < 1.29 is 14.0 Å². The van der Waals surface area contributed by atoms with Gasteiger partial charge in [-0.1, -0.05) is 18.2 Å². The van der Waals surface area contributed by atoms with E-state index in [0.29, 0.717) is 17.1 Å². The molecule has 29 heavy (non-hydrogen) atoms. The summed E-state index contributed by atoms with van der Waals surface area (Å²) in [5, 5.41) is 4.90. The Kier molecular flexibility index (Phi) is 4.55. The monoisotopic (exact) mass is 392 g/mol. The summed E-state index contributed by atoms with van der Waals surface area (Å²) in [7, 11) is 1.84. The van der Waals surface area contributed by atoms with Crippen LogP contribution in [-0.2, 0) is 7.05 Å². The van der Waals surface area contributed by atoms with Crippen molar-refractivity contribution in [3.05, 3.63) is 77.8 Å². The second kappa shape index (κ2) is 7.19. The topological polar surface area (TPSA) is 93.8 Å². The van der Waals surface area contributed by atoms with Crippen LogP contribution in [0.15, 0.2) is 54.7 Å². The van der Waals surface area contributed by atoms with E-state index in [-0.39, 0.29) is 11.6 Å². The normalized spacial score (nSPS) is 10.9. The van der Waals surface area contributed by atoms with Gasteiger partial charge in [0.1, 0.15) is 11.6 Å². The van der Waals surface area contributed by atoms with E-state index in [1.54, 1.807) is 13.1 Å². The molecule has 0 unspecified atom stereocenters. The molecule has 0 aliphatic heterocycles. The number of hydrogen-bond acceptors (Lipinski definition) is 4. The van der Waals surface area contributed by atoms with Crippen LogP contribution >= 0.6 is 0 Å². The zero-order chi connectivity index (χ0) is 20.5. The molecule has 2 aromatic heterocycles. The number of nitrogens with one attached hydrogen (secondary N) is 2. The van der Waals surface area contributed by atoms with E-state index in [2.05, 4.69) is 20.9 Å². The average molecular weight is 392 g/mol. The second-order valence-corrected chi connectivity index (χ2v) is 6.45. The number of benzene rings is 2. The molecule has 0 aliphatic carbocycles. The molecule has 0 bridgehead atoms. The highest BCUT2D eigenvalue weighted by Crippen LogP contribution is 2.19. The van der Waals surface area contributed by atoms with E-state index in [4.69, 9.17) is 0 Å². The highest BCUT2D eigenvalue weighted by atomic mass is 19.1. The molecular weight excluding hydrogens is 375 g/mol. The molecule has 0 aliphatic rings. The molecule has 2 N–H and O–H groups in total. The summed E-state index contributed by atoms with van der Waals surface area (Å²) in [6.45, 7) is 1.67. The molecule has 0 fully saturated rings. The van der Waals surface area contributed by atoms with E-state index in [9.17, 15) is 14.0 Å². The molecule has 0 spiro atoms. The minimum absolute atomic E-state index is 0.120. The highest BCUT2D eigenvalue weighted by Gasteiger charge is 2.18. The number of para-hydroxylation sites is 1. The van der Waals surface area contributed by atoms with Gasteiger partial charge in [-0.25, -0.2) is 14.1 Å². The molecular formula is C20H17FN6O2. The Hall–Kier alpha value is -4.01. The van der Waals surface area contributed by atoms with Crippen LogP contribution in [-0.4, -0.2) is 31.1 Å². The van der Waals surface area contributed by atoms with Crippen molar-refractivity contribution >= 4 is 22.7 Å². The molecule has 9 heteroatoms. The number of carbonyl (C=O) groups is 2. The zero-order valence-corrected chi connectivity index (χ0v) is 15.7. The van der Waals surface area contributed by atoms with Gasteiger partial charge in [0.05, 0.1) is 11.3 Å². The van der Waals surface area contributed by atoms with Crippen LogP contribution in [0.1, 0.15) is 26.8 Å². The number of amides is 2. The molecule has 2 aromatic carbocycles. The number of hydrogen-bond donors (Lipinski definition) is 2. The first-order chi connectivity index (χ1) is 13.9. The zero-order valence-electron chi connectivity index (χ0n) is 15.7. The number of rotatable bonds is 3. The van der Waals surface area contributed by atoms with Gasteiger partial charge in [-0.05, 0) is 37.3 Å². The van der Waals surface area contributed by atoms with Crippen molar-refractivity contribution in [2.45, 2.75) is 6.92 Å². The van der Waals surface area contributed by atoms with Gasteiger partial charge in [-0.2, -0.15) is 0 Å². The number of aromatic nitrogens is 4. The standard InChI is InChI=1S/C20H17FN6O2/c1-12-22-18(25-27(12)14-9-7-13(21)8-10-14)20(29)24-23-19(28)16-11-26(2)17-6-4-3-5-15(16)17/h3-11H,1-2H3,(H,23,28)(H,24,29). The summed E-state index contributed by atoms with van der Waals surface area (Å²) in [5.41, 5.74) is 6.62. The predicted octanol–water partition coefficient (Wildman–Crippen LogP) is 2.28. The highest BCUT2D eigenvalue weighted by molar-refractivity contribution is 6.07. The van der Waals surface area contributed by atoms with Gasteiger partial charge in [0.25, 0.3) is 5.91 Å². The van der Waals surface area contributed by atoms with Crippen LogP contribution in [0.5, 0.6) is 0 Å². The molecule has 2 amide bonds. The fourth-order valence-corrected chi connectivity index (χ4v) is 3.07. The number of aryl methyl sites for hydroxylation is 2. The number of fused-ring (bicyclic) bond motifs is 1. The molecule has 146 valence electrons. The third-order valence-corrected chi connectivity index (χ3v) is 4.47. The van der Waals surface area contributed by atoms with E-state index in [1.165, 1.54) is 28.9 Å². The average Bonchev–Trinajstić information content (AvgIpc) is 3.27. The lowest BCUT2D eigenvalue weighted by Crippen LogP contribution is -2.42. The van der Waals surface area contributed by atoms with Crippen LogP contribution in [0.2, 0.25) is 0 Å². The summed E-state index contributed by atoms with van der Waals surface area (Å²) < 4.78 is 16.4. The lowest BCUT2D eigenvalue weighted by molar-refractivity contribution is 0.0841. The van der Waals surface area contributed by atoms with Crippen LogP contribution in [0, 0.1) is 12.7 Å². The van der Waals surface area contributed by atoms with Gasteiger partial charge in [0.2, 0.25) is 5.82 Å². The quantitative estimate of drug-likeness (QED) is 0.523. The SMILES string of the molecule is Cc1nc(C(=O)NNC(=O)c2cn(C)c3ccccc23)nn1-c1ccc(F)cc1. The van der Waals surface area contributed by atoms with E-state index < -0.39 is 11.8 Å². The van der Waals surface area contributed by atoms with Crippen molar-refractivity contribution in [1.29, 1.82) is 0 Å². The molecule has 4 aromatic rings. The molecule has 2 heterocycles. The van der Waals surface area contributed by atoms with E-state index in [1.807, 2.05) is 35.9 Å². The maximum absolute atomic E-state index is 13.1. The van der Waals surface area contributed by atoms with Crippen molar-refractivity contribution in [2.75, 3.05) is 0 Å². The minimum atomic E-state index is -0.664. The minimum Gasteiger partial charge on any atom is -0.350 e. The summed E-state index contributed by atoms with van der Waals surface area (Å²) in [5.74, 6) is -1.17. The Morgan fingerprint density at radius 2 is 1.69 bits per heavy atom. The lowest BCUT2D eigenvalue weighted by Gasteiger charge is -2.04. The van der Waals surface area contributed by atoms with Crippen molar-refractivity contribution in [1.82, 2.24) is 30.2 Å². The number of halogens is 1. The summed E-state index contributed by atoms with van der Waals surface area (Å²) >= 11 is 0. The molecule has 4 rings (SSSR count). The third-order valence-electron chi connectivity index (χ3n) is 4.47. The predicted molar refractivity (Wildman–Crippen MR) is 104 cm³/mol. The molecule has 0 atom stereocenters. The molecule has 0 saturated heterocycles. The number of carbonyl (C=O) groups excluding carboxylic acids is 2. The molecule has 0 saturated carbocycles. The Morgan fingerprint density at radius 1 is 1.00 bits per heavy atom. The van der Waals surface area contributed by atoms with Gasteiger partial charge in [-0.15, -0.1) is 5.10 Å². The van der Waals surface area contributed by atoms with Crippen LogP contribution in [0.25, 0.3) is 16.6 Å². The van der Waals surface area contributed by atoms with E-state index >= 15 is 0 Å². The second-order valence-electron chi connectivity index (χ2n) is 6.45. The lowest BCUT2D eigenvalue weighted by atomic mass is 10.2. The number of nitrogens with zero attached hydrogens (tertiary/aromatic N) is 4. The first-order valence-corrected chi connectivity index (χ1v) is 8.78. The fraction of sp³-hybridized carbons (Fsp3) is 0.100. The first kappa shape index (κ1) is 18.4. The van der Waals surface area contributed by atoms with Gasteiger partial charge in [0.15, 0.2) is 0 Å². The smallest absolute Gasteiger partial charge is 0.309 e. The van der Waals surface area contributed by atoms with Crippen LogP contribution in [0.4, 0.5) is 4.39 Å². The number of hydrazine groups is 1. The third kappa shape index (κ3) is 3.45. The van der Waals surface area contributed by atoms with Gasteiger partial charge in [-0.3, -0.25) is 20.4 Å². The summed E-state index contributed by atoms with van der Waals surface area (Å²) in [6, 6.07) is 13.1. The van der Waals surface area contributed by atoms with Gasteiger partial charge >= 0.3 is 5.91 Å². The fourth-order valence-electron chi connectivity index (χ4n) is 3.07. The Morgan fingerprint density at radius 3 is 2.45 bits per heavy atom. The Bertz CT molecular complexity index is 1230. The summed E-state index contributed by atoms with van der Waals surface area (Å²) in [4.78, 5) is 29.0. The maximum atomic E-state index is 13.1. The van der Waals surface area contributed by atoms with Gasteiger partial charge in [0, 0.05) is 24.1 Å². The van der Waals surface area contributed by atoms with Crippen molar-refractivity contribution in [2.24, 2.45) is 7.05 Å². The van der Waals surface area contributed by atoms with Crippen LogP contribution in [0.3, 0.4) is 0 Å². The largest absolute Gasteiger partial charge is 0.350 e. The maximum Gasteiger partial charge on any atom is 0.309 e. The first-order valence-electron chi connectivity index (χ1n) is 8.78. The Labute approximate surface area is 164 Å². The molecule has 0 radical (unpaired) electrons.